The van der Waals surface area contributed by atoms with E-state index < -0.39 is 0 Å². The second kappa shape index (κ2) is 12.5. The maximum atomic E-state index is 13.7. The normalized spacial score (nSPS) is 11.2. The van der Waals surface area contributed by atoms with Crippen molar-refractivity contribution in [3.8, 4) is 11.5 Å². The molecule has 236 valence electrons. The number of aldehydes is 2. The molecule has 0 saturated heterocycles. The molecule has 0 aromatic heterocycles. The van der Waals surface area contributed by atoms with Crippen molar-refractivity contribution in [1.29, 1.82) is 0 Å². The molecule has 48 heavy (non-hydrogen) atoms. The van der Waals surface area contributed by atoms with Gasteiger partial charge in [0.05, 0.1) is 13.2 Å². The topological polar surface area (TPSA) is 111 Å². The Bertz CT molecular complexity index is 2190. The number of nitrogens with one attached hydrogen (secondary N) is 2. The first-order valence-electron chi connectivity index (χ1n) is 15.6. The fourth-order valence-corrected chi connectivity index (χ4v) is 6.52. The third kappa shape index (κ3) is 5.13. The number of anilines is 2. The summed E-state index contributed by atoms with van der Waals surface area (Å²) in [5.74, 6) is 0.671. The monoisotopic (exact) mass is 634 g/mol. The summed E-state index contributed by atoms with van der Waals surface area (Å²) in [5, 5.41) is 11.6. The number of hydrogen-bond donors (Lipinski definition) is 2. The van der Waals surface area contributed by atoms with E-state index in [4.69, 9.17) is 9.47 Å². The second-order valence-corrected chi connectivity index (χ2v) is 11.3. The molecule has 0 heterocycles. The quantitative estimate of drug-likeness (QED) is 0.0885. The van der Waals surface area contributed by atoms with Crippen molar-refractivity contribution >= 4 is 78.9 Å². The molecule has 7 aromatic carbocycles. The van der Waals surface area contributed by atoms with Gasteiger partial charge in [-0.25, -0.2) is 0 Å². The Labute approximate surface area is 275 Å². The highest BCUT2D eigenvalue weighted by molar-refractivity contribution is 6.38. The van der Waals surface area contributed by atoms with Gasteiger partial charge in [-0.15, -0.1) is 0 Å². The lowest BCUT2D eigenvalue weighted by Gasteiger charge is -2.19. The highest BCUT2D eigenvalue weighted by Crippen LogP contribution is 2.44. The second-order valence-electron chi connectivity index (χ2n) is 11.3. The van der Waals surface area contributed by atoms with Crippen LogP contribution in [-0.2, 0) is 0 Å². The van der Waals surface area contributed by atoms with Crippen LogP contribution in [0, 0.1) is 0 Å². The first kappa shape index (κ1) is 30.4. The first-order valence-corrected chi connectivity index (χ1v) is 15.6. The number of fused-ring (bicyclic) bond motifs is 2. The molecule has 0 fully saturated rings. The predicted molar refractivity (Wildman–Crippen MR) is 190 cm³/mol. The third-order valence-corrected chi connectivity index (χ3v) is 8.56. The summed E-state index contributed by atoms with van der Waals surface area (Å²) < 4.78 is 11.0. The molecule has 7 rings (SSSR count). The van der Waals surface area contributed by atoms with Crippen LogP contribution in [0.2, 0.25) is 0 Å². The number of carbonyl (C=O) groups excluding carboxylic acids is 4. The largest absolute Gasteiger partial charge is 0.494 e. The van der Waals surface area contributed by atoms with E-state index in [2.05, 4.69) is 10.6 Å². The number of ether oxygens (including phenoxy) is 2. The van der Waals surface area contributed by atoms with E-state index in [1.54, 1.807) is 72.8 Å². The van der Waals surface area contributed by atoms with Crippen molar-refractivity contribution in [3.63, 3.8) is 0 Å². The highest BCUT2D eigenvalue weighted by Gasteiger charge is 2.23. The van der Waals surface area contributed by atoms with Gasteiger partial charge in [-0.3, -0.25) is 19.2 Å². The van der Waals surface area contributed by atoms with E-state index in [9.17, 15) is 19.2 Å². The number of carbonyl (C=O) groups is 4. The van der Waals surface area contributed by atoms with Gasteiger partial charge in [0.15, 0.2) is 12.6 Å². The minimum atomic E-state index is -0.362. The molecule has 0 aliphatic heterocycles. The Kier molecular flexibility index (Phi) is 7.90. The van der Waals surface area contributed by atoms with E-state index in [0.717, 1.165) is 44.9 Å². The van der Waals surface area contributed by atoms with Crippen LogP contribution in [0.4, 0.5) is 11.4 Å². The van der Waals surface area contributed by atoms with Gasteiger partial charge < -0.3 is 20.1 Å². The van der Waals surface area contributed by atoms with Crippen molar-refractivity contribution in [2.45, 2.75) is 13.8 Å². The molecule has 0 atom stereocenters. The third-order valence-electron chi connectivity index (χ3n) is 8.56. The molecule has 8 heteroatoms. The Balaban J connectivity index is 1.39. The van der Waals surface area contributed by atoms with Gasteiger partial charge in [0.1, 0.15) is 11.5 Å². The lowest BCUT2D eigenvalue weighted by atomic mass is 9.84. The van der Waals surface area contributed by atoms with Crippen molar-refractivity contribution < 1.29 is 28.7 Å². The number of amides is 2. The van der Waals surface area contributed by atoms with Gasteiger partial charge >= 0.3 is 0 Å². The predicted octanol–water partition coefficient (Wildman–Crippen LogP) is 8.66. The SMILES string of the molecule is CCOc1ccc(NC(=O)c2ccc3c4ccc(C(=O)Nc5ccc(OCC)cc5)c5c(C=O)ccc(c6ccc(C=O)c2c63)c54)cc1. The van der Waals surface area contributed by atoms with Crippen molar-refractivity contribution in [1.82, 2.24) is 0 Å². The molecule has 2 N–H and O–H groups in total. The molecule has 0 aliphatic rings. The van der Waals surface area contributed by atoms with Crippen LogP contribution < -0.4 is 20.1 Å². The van der Waals surface area contributed by atoms with Gasteiger partial charge in [0.25, 0.3) is 11.8 Å². The van der Waals surface area contributed by atoms with Gasteiger partial charge in [0, 0.05) is 44.4 Å². The summed E-state index contributed by atoms with van der Waals surface area (Å²) in [4.78, 5) is 52.2. The fourth-order valence-electron chi connectivity index (χ4n) is 6.52. The average Bonchev–Trinajstić information content (AvgIpc) is 3.11. The molecule has 7 aromatic rings. The van der Waals surface area contributed by atoms with Gasteiger partial charge in [-0.1, -0.05) is 36.4 Å². The molecule has 0 spiro atoms. The molecular formula is C40H30N2O6. The van der Waals surface area contributed by atoms with E-state index >= 15 is 0 Å². The van der Waals surface area contributed by atoms with Gasteiger partial charge in [-0.05, 0) is 107 Å². The molecule has 0 unspecified atom stereocenters. The van der Waals surface area contributed by atoms with Crippen molar-refractivity contribution in [2.24, 2.45) is 0 Å². The smallest absolute Gasteiger partial charge is 0.256 e. The van der Waals surface area contributed by atoms with Crippen LogP contribution in [0.15, 0.2) is 97.1 Å². The zero-order valence-corrected chi connectivity index (χ0v) is 26.3. The van der Waals surface area contributed by atoms with Gasteiger partial charge in [-0.2, -0.15) is 0 Å². The van der Waals surface area contributed by atoms with Gasteiger partial charge in [0.2, 0.25) is 0 Å². The van der Waals surface area contributed by atoms with Crippen LogP contribution in [0.5, 0.6) is 11.5 Å². The van der Waals surface area contributed by atoms with Crippen molar-refractivity contribution in [3.05, 3.63) is 119 Å². The maximum absolute atomic E-state index is 13.7. The standard InChI is InChI=1S/C40H30N2O6/c1-3-47-27-11-7-25(8-12-27)41-39(45)33-19-17-31-32-18-20-34(40(46)42-26-9-13-28(14-10-26)48-4-2)36-24(22-44)6-16-30(38(32)36)29-15-5-23(21-43)35(33)37(29)31/h5-22H,3-4H2,1-2H3,(H,41,45)(H,42,46). The summed E-state index contributed by atoms with van der Waals surface area (Å²) in [6.45, 7) is 4.87. The summed E-state index contributed by atoms with van der Waals surface area (Å²) >= 11 is 0. The van der Waals surface area contributed by atoms with Crippen molar-refractivity contribution in [2.75, 3.05) is 23.8 Å². The van der Waals surface area contributed by atoms with Crippen LogP contribution in [0.3, 0.4) is 0 Å². The van der Waals surface area contributed by atoms with E-state index in [0.29, 0.717) is 69.1 Å². The summed E-state index contributed by atoms with van der Waals surface area (Å²) in [7, 11) is 0. The van der Waals surface area contributed by atoms with Crippen LogP contribution in [-0.4, -0.2) is 37.6 Å². The minimum Gasteiger partial charge on any atom is -0.494 e. The molecule has 0 bridgehead atoms. The highest BCUT2D eigenvalue weighted by atomic mass is 16.5. The zero-order valence-electron chi connectivity index (χ0n) is 26.3. The zero-order chi connectivity index (χ0) is 33.4. The Morgan fingerprint density at radius 3 is 1.19 bits per heavy atom. The number of benzene rings is 7. The minimum absolute atomic E-state index is 0.349. The molecule has 8 nitrogen and oxygen atoms in total. The molecular weight excluding hydrogens is 604 g/mol. The Hall–Kier alpha value is -6.28. The molecule has 0 radical (unpaired) electrons. The lowest BCUT2D eigenvalue weighted by molar-refractivity contribution is 0.102. The Morgan fingerprint density at radius 2 is 0.854 bits per heavy atom. The summed E-state index contributed by atoms with van der Waals surface area (Å²) in [5.41, 5.74) is 2.63. The van der Waals surface area contributed by atoms with E-state index in [-0.39, 0.29) is 11.8 Å². The summed E-state index contributed by atoms with van der Waals surface area (Å²) in [6, 6.07) is 28.5. The fraction of sp³-hybridized carbons (Fsp3) is 0.100. The number of hydrogen-bond acceptors (Lipinski definition) is 6. The molecule has 2 amide bonds. The first-order chi connectivity index (χ1) is 23.4. The lowest BCUT2D eigenvalue weighted by Crippen LogP contribution is -2.14. The maximum Gasteiger partial charge on any atom is 0.256 e. The average molecular weight is 635 g/mol. The van der Waals surface area contributed by atoms with E-state index in [1.807, 2.05) is 38.1 Å². The molecule has 0 saturated carbocycles. The van der Waals surface area contributed by atoms with E-state index in [1.165, 1.54) is 0 Å². The Morgan fingerprint density at radius 1 is 0.500 bits per heavy atom. The number of rotatable bonds is 10. The van der Waals surface area contributed by atoms with Crippen LogP contribution >= 0.6 is 0 Å². The van der Waals surface area contributed by atoms with Crippen LogP contribution in [0.1, 0.15) is 55.3 Å². The van der Waals surface area contributed by atoms with Crippen LogP contribution in [0.25, 0.3) is 43.1 Å². The summed E-state index contributed by atoms with van der Waals surface area (Å²) in [6.07, 6.45) is 1.51. The molecule has 0 aliphatic carbocycles.